The number of rotatable bonds is 6. The SMILES string of the molecule is CC(C)CC(C(N)=O)N(C)C1CCC2CN(c3ccsc3C(F)(F)F)CC21. The number of hydrogen-bond donors (Lipinski definition) is 1. The van der Waals surface area contributed by atoms with E-state index in [0.29, 0.717) is 37.0 Å². The molecule has 2 heterocycles. The molecule has 152 valence electrons. The number of nitrogens with two attached hydrogens (primary N) is 1. The van der Waals surface area contributed by atoms with Gasteiger partial charge in [0.1, 0.15) is 4.88 Å². The standard InChI is InChI=1S/C19H28F3N3OS/c1-11(2)8-16(18(23)26)24(3)14-5-4-12-9-25(10-13(12)14)15-6-7-27-17(15)19(20,21)22/h6-7,11-14,16H,4-5,8-10H2,1-3H3,(H2,23,26). The number of fused-ring (bicyclic) bond motifs is 1. The van der Waals surface area contributed by atoms with Crippen LogP contribution in [0.4, 0.5) is 18.9 Å². The Labute approximate surface area is 162 Å². The molecule has 27 heavy (non-hydrogen) atoms. The van der Waals surface area contributed by atoms with Crippen molar-refractivity contribution in [2.75, 3.05) is 25.0 Å². The third-order valence-electron chi connectivity index (χ3n) is 6.10. The van der Waals surface area contributed by atoms with Crippen molar-refractivity contribution < 1.29 is 18.0 Å². The van der Waals surface area contributed by atoms with Crippen LogP contribution in [-0.4, -0.2) is 43.0 Å². The lowest BCUT2D eigenvalue weighted by atomic mass is 9.94. The number of thiophene rings is 1. The van der Waals surface area contributed by atoms with E-state index in [1.807, 2.05) is 11.9 Å². The van der Waals surface area contributed by atoms with Crippen molar-refractivity contribution in [3.8, 4) is 0 Å². The number of carbonyl (C=O) groups is 1. The van der Waals surface area contributed by atoms with Crippen LogP contribution >= 0.6 is 11.3 Å². The molecule has 1 aliphatic carbocycles. The summed E-state index contributed by atoms with van der Waals surface area (Å²) < 4.78 is 39.8. The van der Waals surface area contributed by atoms with Crippen molar-refractivity contribution in [1.29, 1.82) is 0 Å². The molecule has 3 rings (SSSR count). The van der Waals surface area contributed by atoms with Gasteiger partial charge in [0, 0.05) is 19.1 Å². The number of amides is 1. The molecule has 0 spiro atoms. The summed E-state index contributed by atoms with van der Waals surface area (Å²) in [5.41, 5.74) is 5.95. The maximum atomic E-state index is 13.3. The van der Waals surface area contributed by atoms with Gasteiger partial charge in [-0.15, -0.1) is 11.3 Å². The van der Waals surface area contributed by atoms with E-state index in [1.54, 1.807) is 6.07 Å². The van der Waals surface area contributed by atoms with E-state index in [9.17, 15) is 18.0 Å². The maximum Gasteiger partial charge on any atom is 0.427 e. The average molecular weight is 404 g/mol. The normalized spacial score (nSPS) is 26.8. The van der Waals surface area contributed by atoms with Gasteiger partial charge in [0.2, 0.25) is 5.91 Å². The van der Waals surface area contributed by atoms with Crippen molar-refractivity contribution in [3.05, 3.63) is 16.3 Å². The Morgan fingerprint density at radius 1 is 1.37 bits per heavy atom. The summed E-state index contributed by atoms with van der Waals surface area (Å²) in [7, 11) is 1.94. The highest BCUT2D eigenvalue weighted by atomic mass is 32.1. The molecule has 2 aliphatic rings. The first kappa shape index (κ1) is 20.5. The molecule has 1 amide bonds. The molecule has 4 unspecified atom stereocenters. The van der Waals surface area contributed by atoms with Crippen molar-refractivity contribution in [2.45, 2.75) is 51.4 Å². The molecule has 0 aromatic carbocycles. The highest BCUT2D eigenvalue weighted by Crippen LogP contribution is 2.46. The molecule has 2 N–H and O–H groups in total. The summed E-state index contributed by atoms with van der Waals surface area (Å²) in [5, 5.41) is 1.52. The molecule has 0 bridgehead atoms. The van der Waals surface area contributed by atoms with Gasteiger partial charge in [-0.25, -0.2) is 0 Å². The number of anilines is 1. The van der Waals surface area contributed by atoms with Crippen molar-refractivity contribution >= 4 is 22.9 Å². The second-order valence-corrected chi connectivity index (χ2v) is 9.24. The summed E-state index contributed by atoms with van der Waals surface area (Å²) in [6.45, 7) is 5.38. The van der Waals surface area contributed by atoms with Gasteiger partial charge >= 0.3 is 6.18 Å². The molecule has 4 atom stereocenters. The fraction of sp³-hybridized carbons (Fsp3) is 0.737. The van der Waals surface area contributed by atoms with Crippen molar-refractivity contribution in [3.63, 3.8) is 0 Å². The predicted octanol–water partition coefficient (Wildman–Crippen LogP) is 3.81. The number of carbonyl (C=O) groups excluding carboxylic acids is 1. The number of hydrogen-bond acceptors (Lipinski definition) is 4. The summed E-state index contributed by atoms with van der Waals surface area (Å²) in [4.78, 5) is 15.4. The summed E-state index contributed by atoms with van der Waals surface area (Å²) in [6.07, 6.45) is -1.66. The van der Waals surface area contributed by atoms with Crippen molar-refractivity contribution in [2.24, 2.45) is 23.5 Å². The molecular formula is C19H28F3N3OS. The molecule has 1 saturated heterocycles. The molecule has 1 aliphatic heterocycles. The summed E-state index contributed by atoms with van der Waals surface area (Å²) >= 11 is 0.756. The van der Waals surface area contributed by atoms with E-state index >= 15 is 0 Å². The van der Waals surface area contributed by atoms with Gasteiger partial charge in [-0.05, 0) is 55.5 Å². The van der Waals surface area contributed by atoms with Gasteiger partial charge in [0.25, 0.3) is 0 Å². The highest BCUT2D eigenvalue weighted by Gasteiger charge is 2.47. The zero-order valence-corrected chi connectivity index (χ0v) is 16.8. The quantitative estimate of drug-likeness (QED) is 0.786. The fourth-order valence-electron chi connectivity index (χ4n) is 4.86. The zero-order valence-electron chi connectivity index (χ0n) is 16.0. The Morgan fingerprint density at radius 3 is 2.67 bits per heavy atom. The molecular weight excluding hydrogens is 375 g/mol. The molecule has 1 saturated carbocycles. The van der Waals surface area contributed by atoms with Crippen LogP contribution < -0.4 is 10.6 Å². The third kappa shape index (κ3) is 4.11. The van der Waals surface area contributed by atoms with Crippen LogP contribution in [0.1, 0.15) is 38.0 Å². The lowest BCUT2D eigenvalue weighted by molar-refractivity contribution is -0.134. The van der Waals surface area contributed by atoms with E-state index in [4.69, 9.17) is 5.73 Å². The van der Waals surface area contributed by atoms with Crippen LogP contribution in [0.15, 0.2) is 11.4 Å². The van der Waals surface area contributed by atoms with Crippen LogP contribution in [0, 0.1) is 17.8 Å². The molecule has 8 heteroatoms. The molecule has 0 radical (unpaired) electrons. The van der Waals surface area contributed by atoms with Gasteiger partial charge < -0.3 is 10.6 Å². The van der Waals surface area contributed by atoms with Crippen LogP contribution in [0.3, 0.4) is 0 Å². The number of halogens is 3. The Kier molecular flexibility index (Phi) is 5.77. The minimum atomic E-state index is -4.31. The van der Waals surface area contributed by atoms with E-state index in [-0.39, 0.29) is 23.9 Å². The van der Waals surface area contributed by atoms with E-state index < -0.39 is 11.1 Å². The average Bonchev–Trinajstić information content (AvgIpc) is 3.24. The van der Waals surface area contributed by atoms with Crippen LogP contribution in [0.2, 0.25) is 0 Å². The molecule has 2 fully saturated rings. The monoisotopic (exact) mass is 403 g/mol. The Balaban J connectivity index is 1.75. The Bertz CT molecular complexity index is 675. The first-order valence-corrected chi connectivity index (χ1v) is 10.4. The van der Waals surface area contributed by atoms with Crippen LogP contribution in [0.5, 0.6) is 0 Å². The number of likely N-dealkylation sites (N-methyl/N-ethyl adjacent to an activating group) is 1. The van der Waals surface area contributed by atoms with Crippen LogP contribution in [0.25, 0.3) is 0 Å². The number of primary amides is 1. The van der Waals surface area contributed by atoms with Crippen LogP contribution in [-0.2, 0) is 11.0 Å². The van der Waals surface area contributed by atoms with Gasteiger partial charge in [0.05, 0.1) is 11.7 Å². The topological polar surface area (TPSA) is 49.6 Å². The zero-order chi connectivity index (χ0) is 19.9. The fourth-order valence-corrected chi connectivity index (χ4v) is 5.65. The largest absolute Gasteiger partial charge is 0.427 e. The van der Waals surface area contributed by atoms with E-state index in [2.05, 4.69) is 18.7 Å². The van der Waals surface area contributed by atoms with Crippen molar-refractivity contribution in [1.82, 2.24) is 4.90 Å². The minimum absolute atomic E-state index is 0.184. The Morgan fingerprint density at radius 2 is 2.07 bits per heavy atom. The first-order valence-electron chi connectivity index (χ1n) is 9.50. The lowest BCUT2D eigenvalue weighted by Gasteiger charge is -2.35. The van der Waals surface area contributed by atoms with Gasteiger partial charge in [-0.1, -0.05) is 13.8 Å². The summed E-state index contributed by atoms with van der Waals surface area (Å²) in [6, 6.07) is 1.44. The molecule has 4 nitrogen and oxygen atoms in total. The van der Waals surface area contributed by atoms with E-state index in [0.717, 1.165) is 24.2 Å². The van der Waals surface area contributed by atoms with Gasteiger partial charge in [-0.3, -0.25) is 9.69 Å². The summed E-state index contributed by atoms with van der Waals surface area (Å²) in [5.74, 6) is 0.667. The third-order valence-corrected chi connectivity index (χ3v) is 7.05. The number of nitrogens with zero attached hydrogens (tertiary/aromatic N) is 2. The Hall–Kier alpha value is -1.28. The smallest absolute Gasteiger partial charge is 0.370 e. The second-order valence-electron chi connectivity index (χ2n) is 8.32. The van der Waals surface area contributed by atoms with Gasteiger partial charge in [-0.2, -0.15) is 13.2 Å². The molecule has 1 aromatic rings. The van der Waals surface area contributed by atoms with E-state index in [1.165, 1.54) is 5.38 Å². The maximum absolute atomic E-state index is 13.3. The highest BCUT2D eigenvalue weighted by molar-refractivity contribution is 7.10. The predicted molar refractivity (Wildman–Crippen MR) is 102 cm³/mol. The first-order chi connectivity index (χ1) is 12.6. The number of alkyl halides is 3. The lowest BCUT2D eigenvalue weighted by Crippen LogP contribution is -2.50. The molecule has 1 aromatic heterocycles. The second kappa shape index (κ2) is 7.62. The van der Waals surface area contributed by atoms with Gasteiger partial charge in [0.15, 0.2) is 0 Å². The minimum Gasteiger partial charge on any atom is -0.370 e.